The molecular formula is C23H30N6. The zero-order valence-corrected chi connectivity index (χ0v) is 18.5. The van der Waals surface area contributed by atoms with Crippen LogP contribution in [0.3, 0.4) is 0 Å². The molecule has 0 saturated carbocycles. The topological polar surface area (TPSA) is 51.2 Å². The van der Waals surface area contributed by atoms with Gasteiger partial charge in [-0.2, -0.15) is 0 Å². The molecule has 4 rings (SSSR count). The van der Waals surface area contributed by atoms with E-state index in [4.69, 9.17) is 15.1 Å². The summed E-state index contributed by atoms with van der Waals surface area (Å²) < 4.78 is 4.09. The summed E-state index contributed by atoms with van der Waals surface area (Å²) in [5.41, 5.74) is 6.77. The molecule has 0 bridgehead atoms. The maximum atomic E-state index is 4.90. The second kappa shape index (κ2) is 6.95. The fourth-order valence-electron chi connectivity index (χ4n) is 3.75. The van der Waals surface area contributed by atoms with Crippen LogP contribution in [0.25, 0.3) is 28.1 Å². The van der Waals surface area contributed by atoms with E-state index in [2.05, 4.69) is 82.4 Å². The predicted molar refractivity (Wildman–Crippen MR) is 118 cm³/mol. The second-order valence-corrected chi connectivity index (χ2v) is 9.14. The zero-order valence-electron chi connectivity index (χ0n) is 18.5. The monoisotopic (exact) mass is 390 g/mol. The molecule has 0 aliphatic heterocycles. The van der Waals surface area contributed by atoms with Crippen molar-refractivity contribution in [2.24, 2.45) is 0 Å². The molecule has 4 aromatic rings. The minimum atomic E-state index is 0.130. The van der Waals surface area contributed by atoms with E-state index >= 15 is 0 Å². The van der Waals surface area contributed by atoms with Gasteiger partial charge in [0.2, 0.25) is 0 Å². The van der Waals surface area contributed by atoms with Gasteiger partial charge in [-0.1, -0.05) is 45.0 Å². The van der Waals surface area contributed by atoms with Gasteiger partial charge in [-0.3, -0.25) is 0 Å². The van der Waals surface area contributed by atoms with E-state index < -0.39 is 0 Å². The van der Waals surface area contributed by atoms with Gasteiger partial charge in [0.1, 0.15) is 12.0 Å². The Labute approximate surface area is 172 Å². The Bertz CT molecular complexity index is 1170. The van der Waals surface area contributed by atoms with Crippen LogP contribution in [-0.4, -0.2) is 49.7 Å². The van der Waals surface area contributed by atoms with E-state index in [1.807, 2.05) is 0 Å². The number of hydrogen-bond acceptors (Lipinski definition) is 4. The average Bonchev–Trinajstić information content (AvgIpc) is 3.19. The first-order chi connectivity index (χ1) is 13.7. The van der Waals surface area contributed by atoms with Gasteiger partial charge >= 0.3 is 0 Å². The summed E-state index contributed by atoms with van der Waals surface area (Å²) in [6.07, 6.45) is 1.78. The molecule has 0 atom stereocenters. The Hall–Kier alpha value is -2.73. The van der Waals surface area contributed by atoms with Gasteiger partial charge in [-0.25, -0.2) is 14.5 Å². The number of hydrogen-bond donors (Lipinski definition) is 0. The van der Waals surface area contributed by atoms with Crippen LogP contribution >= 0.6 is 0 Å². The number of nitrogens with zero attached hydrogens (tertiary/aromatic N) is 6. The maximum absolute atomic E-state index is 4.90. The van der Waals surface area contributed by atoms with Crippen molar-refractivity contribution < 1.29 is 0 Å². The lowest BCUT2D eigenvalue weighted by Crippen LogP contribution is -2.19. The normalized spacial score (nSPS) is 12.6. The molecule has 0 N–H and O–H groups in total. The first kappa shape index (κ1) is 19.6. The number of likely N-dealkylation sites (N-methyl/N-ethyl adjacent to an activating group) is 1. The molecule has 0 fully saturated rings. The number of fused-ring (bicyclic) bond motifs is 3. The SMILES string of the molecule is Cc1c(C)n(CCN(C)C)c2ncn3nc(-c4ccc(C(C)(C)C)cc4)nc3c12. The molecule has 0 aliphatic rings. The molecule has 0 unspecified atom stereocenters. The molecule has 29 heavy (non-hydrogen) atoms. The van der Waals surface area contributed by atoms with E-state index in [9.17, 15) is 0 Å². The molecule has 6 nitrogen and oxygen atoms in total. The van der Waals surface area contributed by atoms with E-state index in [0.717, 1.165) is 41.2 Å². The van der Waals surface area contributed by atoms with Crippen molar-refractivity contribution >= 4 is 16.7 Å². The van der Waals surface area contributed by atoms with Crippen molar-refractivity contribution in [3.05, 3.63) is 47.4 Å². The summed E-state index contributed by atoms with van der Waals surface area (Å²) in [5.74, 6) is 0.734. The zero-order chi connectivity index (χ0) is 20.9. The summed E-state index contributed by atoms with van der Waals surface area (Å²) in [6.45, 7) is 12.8. The van der Waals surface area contributed by atoms with Crippen molar-refractivity contribution in [2.45, 2.75) is 46.6 Å². The van der Waals surface area contributed by atoms with E-state index in [-0.39, 0.29) is 5.41 Å². The van der Waals surface area contributed by atoms with Gasteiger partial charge in [0.05, 0.1) is 5.39 Å². The second-order valence-electron chi connectivity index (χ2n) is 9.14. The fraction of sp³-hybridized carbons (Fsp3) is 0.435. The Morgan fingerprint density at radius 2 is 1.69 bits per heavy atom. The Kier molecular flexibility index (Phi) is 4.69. The van der Waals surface area contributed by atoms with Gasteiger partial charge in [-0.15, -0.1) is 5.10 Å². The third kappa shape index (κ3) is 3.42. The number of rotatable bonds is 4. The van der Waals surface area contributed by atoms with Gasteiger partial charge in [0.15, 0.2) is 11.5 Å². The van der Waals surface area contributed by atoms with Crippen LogP contribution in [0.15, 0.2) is 30.6 Å². The van der Waals surface area contributed by atoms with Crippen molar-refractivity contribution in [3.63, 3.8) is 0 Å². The van der Waals surface area contributed by atoms with E-state index in [1.165, 1.54) is 16.8 Å². The molecule has 0 saturated heterocycles. The van der Waals surface area contributed by atoms with Crippen molar-refractivity contribution in [2.75, 3.05) is 20.6 Å². The van der Waals surface area contributed by atoms with Crippen LogP contribution in [0.1, 0.15) is 37.6 Å². The van der Waals surface area contributed by atoms with E-state index in [0.29, 0.717) is 0 Å². The first-order valence-electron chi connectivity index (χ1n) is 10.1. The minimum absolute atomic E-state index is 0.130. The molecule has 0 aliphatic carbocycles. The highest BCUT2D eigenvalue weighted by molar-refractivity contribution is 5.94. The van der Waals surface area contributed by atoms with Crippen LogP contribution in [0, 0.1) is 13.8 Å². The lowest BCUT2D eigenvalue weighted by atomic mass is 9.87. The van der Waals surface area contributed by atoms with Crippen LogP contribution in [0.4, 0.5) is 0 Å². The van der Waals surface area contributed by atoms with Gasteiger partial charge in [0, 0.05) is 24.3 Å². The molecule has 3 aromatic heterocycles. The van der Waals surface area contributed by atoms with Gasteiger partial charge in [-0.05, 0) is 44.5 Å². The third-order valence-electron chi connectivity index (χ3n) is 5.73. The van der Waals surface area contributed by atoms with Crippen LogP contribution in [0.5, 0.6) is 0 Å². The summed E-state index contributed by atoms with van der Waals surface area (Å²) in [4.78, 5) is 11.8. The molecule has 152 valence electrons. The van der Waals surface area contributed by atoms with E-state index in [1.54, 1.807) is 10.8 Å². The largest absolute Gasteiger partial charge is 0.328 e. The smallest absolute Gasteiger partial charge is 0.182 e. The van der Waals surface area contributed by atoms with Crippen molar-refractivity contribution in [1.29, 1.82) is 0 Å². The number of benzene rings is 1. The predicted octanol–water partition coefficient (Wildman–Crippen LogP) is 4.22. The number of aryl methyl sites for hydroxylation is 1. The summed E-state index contributed by atoms with van der Waals surface area (Å²) in [7, 11) is 4.19. The average molecular weight is 391 g/mol. The molecule has 6 heteroatoms. The minimum Gasteiger partial charge on any atom is -0.328 e. The lowest BCUT2D eigenvalue weighted by molar-refractivity contribution is 0.384. The third-order valence-corrected chi connectivity index (χ3v) is 5.73. The highest BCUT2D eigenvalue weighted by Gasteiger charge is 2.19. The maximum Gasteiger partial charge on any atom is 0.182 e. The highest BCUT2D eigenvalue weighted by atomic mass is 15.3. The van der Waals surface area contributed by atoms with Gasteiger partial charge < -0.3 is 9.47 Å². The molecule has 0 spiro atoms. The number of aromatic nitrogens is 5. The van der Waals surface area contributed by atoms with Crippen LogP contribution < -0.4 is 0 Å². The summed E-state index contributed by atoms with van der Waals surface area (Å²) in [5, 5.41) is 5.80. The quantitative estimate of drug-likeness (QED) is 0.523. The standard InChI is InChI=1S/C23H30N6/c1-15-16(2)28(13-12-27(6)7)21-19(15)22-25-20(26-29(22)14-24-21)17-8-10-18(11-9-17)23(3,4)5/h8-11,14H,12-13H2,1-7H3. The Morgan fingerprint density at radius 3 is 2.31 bits per heavy atom. The molecule has 0 amide bonds. The van der Waals surface area contributed by atoms with Crippen molar-refractivity contribution in [3.8, 4) is 11.4 Å². The van der Waals surface area contributed by atoms with Crippen LogP contribution in [0.2, 0.25) is 0 Å². The van der Waals surface area contributed by atoms with Crippen molar-refractivity contribution in [1.82, 2.24) is 29.0 Å². The molecule has 3 heterocycles. The van der Waals surface area contributed by atoms with Gasteiger partial charge in [0.25, 0.3) is 0 Å². The summed E-state index contributed by atoms with van der Waals surface area (Å²) >= 11 is 0. The molecule has 0 radical (unpaired) electrons. The van der Waals surface area contributed by atoms with Crippen LogP contribution in [-0.2, 0) is 12.0 Å². The molecule has 1 aromatic carbocycles. The Morgan fingerprint density at radius 1 is 1.00 bits per heavy atom. The fourth-order valence-corrected chi connectivity index (χ4v) is 3.75. The Balaban J connectivity index is 1.82. The molecular weight excluding hydrogens is 360 g/mol. The summed E-state index contributed by atoms with van der Waals surface area (Å²) in [6, 6.07) is 8.56. The highest BCUT2D eigenvalue weighted by Crippen LogP contribution is 2.29. The lowest BCUT2D eigenvalue weighted by Gasteiger charge is -2.18. The first-order valence-corrected chi connectivity index (χ1v) is 10.1.